The van der Waals surface area contributed by atoms with Crippen molar-refractivity contribution < 1.29 is 14.7 Å². The van der Waals surface area contributed by atoms with E-state index in [4.69, 9.17) is 11.6 Å². The first kappa shape index (κ1) is 17.4. The van der Waals surface area contributed by atoms with Crippen LogP contribution in [0.2, 0.25) is 5.02 Å². The van der Waals surface area contributed by atoms with Crippen LogP contribution in [-0.2, 0) is 9.59 Å². The summed E-state index contributed by atoms with van der Waals surface area (Å²) in [5, 5.41) is 14.9. The number of rotatable bonds is 3. The van der Waals surface area contributed by atoms with Crippen LogP contribution in [0, 0.1) is 5.92 Å². The highest BCUT2D eigenvalue weighted by Crippen LogP contribution is 2.31. The number of anilines is 2. The zero-order chi connectivity index (χ0) is 19.0. The number of nitrogens with one attached hydrogen (secondary N) is 1. The first-order valence-corrected chi connectivity index (χ1v) is 8.98. The Morgan fingerprint density at radius 3 is 2.52 bits per heavy atom. The van der Waals surface area contributed by atoms with Gasteiger partial charge < -0.3 is 15.3 Å². The molecule has 0 bridgehead atoms. The summed E-state index contributed by atoms with van der Waals surface area (Å²) >= 11 is 5.90. The Hall–Kier alpha value is -3.05. The number of benzene rings is 3. The summed E-state index contributed by atoms with van der Waals surface area (Å²) in [4.78, 5) is 26.7. The van der Waals surface area contributed by atoms with Gasteiger partial charge in [-0.1, -0.05) is 35.9 Å². The van der Waals surface area contributed by atoms with Crippen LogP contribution in [0.15, 0.2) is 60.7 Å². The molecule has 1 atom stereocenters. The molecule has 0 aromatic heterocycles. The van der Waals surface area contributed by atoms with E-state index < -0.39 is 5.92 Å². The third-order valence-electron chi connectivity index (χ3n) is 4.79. The van der Waals surface area contributed by atoms with Gasteiger partial charge in [-0.25, -0.2) is 0 Å². The normalized spacial score (nSPS) is 16.7. The summed E-state index contributed by atoms with van der Waals surface area (Å²) in [6.45, 7) is 0.322. The number of nitrogens with zero attached hydrogens (tertiary/aromatic N) is 1. The quantitative estimate of drug-likeness (QED) is 0.715. The average Bonchev–Trinajstić information content (AvgIpc) is 3.05. The molecule has 2 N–H and O–H groups in total. The summed E-state index contributed by atoms with van der Waals surface area (Å²) in [7, 11) is 0. The van der Waals surface area contributed by atoms with Crippen molar-refractivity contribution in [2.45, 2.75) is 6.42 Å². The maximum atomic E-state index is 12.7. The molecule has 1 heterocycles. The number of aromatic hydroxyl groups is 1. The maximum Gasteiger partial charge on any atom is 0.229 e. The third kappa shape index (κ3) is 3.34. The summed E-state index contributed by atoms with van der Waals surface area (Å²) in [6, 6.07) is 17.5. The second kappa shape index (κ2) is 6.93. The Labute approximate surface area is 161 Å². The van der Waals surface area contributed by atoms with E-state index in [-0.39, 0.29) is 24.0 Å². The number of hydrogen-bond donors (Lipinski definition) is 2. The van der Waals surface area contributed by atoms with E-state index >= 15 is 0 Å². The number of amides is 2. The number of hydrogen-bond acceptors (Lipinski definition) is 3. The van der Waals surface area contributed by atoms with Gasteiger partial charge in [-0.15, -0.1) is 0 Å². The molecule has 1 aliphatic rings. The Morgan fingerprint density at radius 1 is 1.04 bits per heavy atom. The smallest absolute Gasteiger partial charge is 0.229 e. The second-order valence-corrected chi connectivity index (χ2v) is 6.99. The molecule has 1 fully saturated rings. The van der Waals surface area contributed by atoms with Crippen molar-refractivity contribution in [3.05, 3.63) is 65.7 Å². The fraction of sp³-hybridized carbons (Fsp3) is 0.143. The first-order chi connectivity index (χ1) is 13.0. The van der Waals surface area contributed by atoms with Gasteiger partial charge in [0.25, 0.3) is 0 Å². The highest BCUT2D eigenvalue weighted by atomic mass is 35.5. The third-order valence-corrected chi connectivity index (χ3v) is 5.04. The summed E-state index contributed by atoms with van der Waals surface area (Å²) < 4.78 is 0. The van der Waals surface area contributed by atoms with Crippen molar-refractivity contribution in [1.29, 1.82) is 0 Å². The Kier molecular flexibility index (Phi) is 4.46. The molecule has 27 heavy (non-hydrogen) atoms. The minimum Gasteiger partial charge on any atom is -0.507 e. The van der Waals surface area contributed by atoms with Crippen LogP contribution in [0.1, 0.15) is 6.42 Å². The zero-order valence-electron chi connectivity index (χ0n) is 14.4. The fourth-order valence-electron chi connectivity index (χ4n) is 3.39. The van der Waals surface area contributed by atoms with Crippen LogP contribution in [0.25, 0.3) is 10.8 Å². The molecule has 6 heteroatoms. The highest BCUT2D eigenvalue weighted by Gasteiger charge is 2.35. The monoisotopic (exact) mass is 380 g/mol. The van der Waals surface area contributed by atoms with Crippen LogP contribution in [0.4, 0.5) is 11.4 Å². The molecule has 2 amide bonds. The lowest BCUT2D eigenvalue weighted by molar-refractivity contribution is -0.122. The van der Waals surface area contributed by atoms with E-state index in [2.05, 4.69) is 5.32 Å². The van der Waals surface area contributed by atoms with Gasteiger partial charge in [0.05, 0.1) is 5.92 Å². The van der Waals surface area contributed by atoms with Crippen LogP contribution >= 0.6 is 11.6 Å². The minimum absolute atomic E-state index is 0.0898. The van der Waals surface area contributed by atoms with Gasteiger partial charge in [0.1, 0.15) is 5.75 Å². The number of phenols is 1. The Morgan fingerprint density at radius 2 is 1.74 bits per heavy atom. The lowest BCUT2D eigenvalue weighted by atomic mass is 10.1. The number of halogens is 1. The predicted octanol–water partition coefficient (Wildman–Crippen LogP) is 4.19. The molecule has 136 valence electrons. The molecule has 1 saturated heterocycles. The number of carbonyl (C=O) groups is 2. The van der Waals surface area contributed by atoms with E-state index in [0.29, 0.717) is 22.6 Å². The van der Waals surface area contributed by atoms with Crippen molar-refractivity contribution in [3.8, 4) is 5.75 Å². The molecule has 1 unspecified atom stereocenters. The summed E-state index contributed by atoms with van der Waals surface area (Å²) in [5.74, 6) is -0.585. The lowest BCUT2D eigenvalue weighted by Crippen LogP contribution is -2.28. The standard InChI is InChI=1S/C21H17ClN2O3/c22-14-7-9-15(10-8-14)24-12-13(11-20(24)26)21(27)23-18-5-1-4-17-16(18)3-2-6-19(17)25/h1-10,13,25H,11-12H2,(H,23,27). The maximum absolute atomic E-state index is 12.7. The molecule has 4 rings (SSSR count). The summed E-state index contributed by atoms with van der Waals surface area (Å²) in [5.41, 5.74) is 1.35. The molecule has 0 spiro atoms. The van der Waals surface area contributed by atoms with Crippen molar-refractivity contribution in [1.82, 2.24) is 0 Å². The molecule has 0 saturated carbocycles. The Bertz CT molecular complexity index is 1030. The lowest BCUT2D eigenvalue weighted by Gasteiger charge is -2.17. The molecule has 3 aromatic carbocycles. The van der Waals surface area contributed by atoms with Crippen molar-refractivity contribution in [2.75, 3.05) is 16.8 Å². The molecular weight excluding hydrogens is 364 g/mol. The SMILES string of the molecule is O=C(Nc1cccc2c(O)cccc12)C1CC(=O)N(c2ccc(Cl)cc2)C1. The summed E-state index contributed by atoms with van der Waals surface area (Å²) in [6.07, 6.45) is 0.157. The van der Waals surface area contributed by atoms with Crippen molar-refractivity contribution >= 4 is 45.6 Å². The average molecular weight is 381 g/mol. The zero-order valence-corrected chi connectivity index (χ0v) is 15.1. The topological polar surface area (TPSA) is 69.6 Å². The minimum atomic E-state index is -0.444. The van der Waals surface area contributed by atoms with Crippen LogP contribution in [0.5, 0.6) is 5.75 Å². The predicted molar refractivity (Wildman–Crippen MR) is 106 cm³/mol. The largest absolute Gasteiger partial charge is 0.507 e. The fourth-order valence-corrected chi connectivity index (χ4v) is 3.52. The van der Waals surface area contributed by atoms with E-state index in [9.17, 15) is 14.7 Å². The van der Waals surface area contributed by atoms with Gasteiger partial charge in [0.2, 0.25) is 11.8 Å². The van der Waals surface area contributed by atoms with E-state index in [1.54, 1.807) is 59.5 Å². The van der Waals surface area contributed by atoms with Crippen molar-refractivity contribution in [2.24, 2.45) is 5.92 Å². The van der Waals surface area contributed by atoms with Gasteiger partial charge in [0.15, 0.2) is 0 Å². The highest BCUT2D eigenvalue weighted by molar-refractivity contribution is 6.30. The van der Waals surface area contributed by atoms with Gasteiger partial charge in [-0.3, -0.25) is 9.59 Å². The number of carbonyl (C=O) groups excluding carboxylic acids is 2. The van der Waals surface area contributed by atoms with Crippen LogP contribution in [-0.4, -0.2) is 23.5 Å². The number of fused-ring (bicyclic) bond motifs is 1. The van der Waals surface area contributed by atoms with Crippen LogP contribution < -0.4 is 10.2 Å². The van der Waals surface area contributed by atoms with Gasteiger partial charge in [-0.05, 0) is 36.4 Å². The van der Waals surface area contributed by atoms with E-state index in [1.807, 2.05) is 6.07 Å². The van der Waals surface area contributed by atoms with Crippen molar-refractivity contribution in [3.63, 3.8) is 0 Å². The van der Waals surface area contributed by atoms with Crippen LogP contribution in [0.3, 0.4) is 0 Å². The molecule has 5 nitrogen and oxygen atoms in total. The molecule has 1 aliphatic heterocycles. The second-order valence-electron chi connectivity index (χ2n) is 6.55. The van der Waals surface area contributed by atoms with Gasteiger partial charge in [-0.2, -0.15) is 0 Å². The van der Waals surface area contributed by atoms with E-state index in [0.717, 1.165) is 11.1 Å². The van der Waals surface area contributed by atoms with Gasteiger partial charge in [0, 0.05) is 40.1 Å². The van der Waals surface area contributed by atoms with E-state index in [1.165, 1.54) is 0 Å². The Balaban J connectivity index is 1.54. The van der Waals surface area contributed by atoms with Gasteiger partial charge >= 0.3 is 0 Å². The molecule has 0 radical (unpaired) electrons. The number of phenolic OH excluding ortho intramolecular Hbond substituents is 1. The molecule has 3 aromatic rings. The molecular formula is C21H17ClN2O3. The molecule has 0 aliphatic carbocycles. The first-order valence-electron chi connectivity index (χ1n) is 8.60.